The standard InChI is InChI=1S/C24H20N4O3/c1-16(23-26-20-9-4-2-8-19(20)24(30)27-23)31-22(29)12-11-17-15-28(14-6-13-25)21-10-5-3-7-18(17)21/h2-5,7-12,15-16H,6,14H2,1H3,(H,26,27,30)/b12-11+/t16-/m1/s1. The van der Waals surface area contributed by atoms with E-state index in [4.69, 9.17) is 10.00 Å². The molecular formula is C24H20N4O3. The SMILES string of the molecule is C[C@@H](OC(=O)/C=C/c1cn(CCC#N)c2ccccc12)c1nc2ccccc2c(=O)[nH]1. The number of aryl methyl sites for hydroxylation is 1. The molecule has 0 saturated carbocycles. The van der Waals surface area contributed by atoms with Gasteiger partial charge in [0, 0.05) is 35.3 Å². The zero-order valence-corrected chi connectivity index (χ0v) is 16.9. The van der Waals surface area contributed by atoms with E-state index >= 15 is 0 Å². The predicted molar refractivity (Wildman–Crippen MR) is 118 cm³/mol. The first-order chi connectivity index (χ1) is 15.1. The van der Waals surface area contributed by atoms with Crippen LogP contribution in [0.2, 0.25) is 0 Å². The first kappa shape index (κ1) is 20.1. The van der Waals surface area contributed by atoms with Crippen LogP contribution in [0, 0.1) is 11.3 Å². The number of aromatic amines is 1. The van der Waals surface area contributed by atoms with Crippen molar-refractivity contribution in [1.29, 1.82) is 5.26 Å². The number of carbonyl (C=O) groups is 1. The highest BCUT2D eigenvalue weighted by atomic mass is 16.5. The molecule has 2 aromatic heterocycles. The Morgan fingerprint density at radius 1 is 1.23 bits per heavy atom. The Kier molecular flexibility index (Phi) is 5.63. The van der Waals surface area contributed by atoms with E-state index < -0.39 is 12.1 Å². The Labute approximate surface area is 178 Å². The van der Waals surface area contributed by atoms with Crippen LogP contribution >= 0.6 is 0 Å². The maximum atomic E-state index is 12.4. The second kappa shape index (κ2) is 8.67. The third-order valence-electron chi connectivity index (χ3n) is 4.99. The molecule has 0 amide bonds. The molecule has 1 N–H and O–H groups in total. The molecular weight excluding hydrogens is 392 g/mol. The van der Waals surface area contributed by atoms with Crippen LogP contribution in [0.1, 0.15) is 30.8 Å². The number of rotatable bonds is 6. The maximum Gasteiger partial charge on any atom is 0.331 e. The van der Waals surface area contributed by atoms with Gasteiger partial charge in [0.05, 0.1) is 23.4 Å². The number of esters is 1. The van der Waals surface area contributed by atoms with E-state index in [0.717, 1.165) is 16.5 Å². The molecule has 0 aliphatic rings. The second-order valence-corrected chi connectivity index (χ2v) is 7.08. The Hall–Kier alpha value is -4.18. The lowest BCUT2D eigenvalue weighted by atomic mass is 10.1. The molecule has 0 aliphatic heterocycles. The number of nitrogens with one attached hydrogen (secondary N) is 1. The minimum absolute atomic E-state index is 0.274. The molecule has 154 valence electrons. The van der Waals surface area contributed by atoms with Crippen molar-refractivity contribution in [3.8, 4) is 6.07 Å². The average Bonchev–Trinajstić information content (AvgIpc) is 3.14. The Morgan fingerprint density at radius 3 is 2.77 bits per heavy atom. The highest BCUT2D eigenvalue weighted by Gasteiger charge is 2.14. The smallest absolute Gasteiger partial charge is 0.331 e. The first-order valence-electron chi connectivity index (χ1n) is 9.89. The van der Waals surface area contributed by atoms with Gasteiger partial charge < -0.3 is 14.3 Å². The van der Waals surface area contributed by atoms with Crippen LogP contribution in [0.3, 0.4) is 0 Å². The van der Waals surface area contributed by atoms with Crippen LogP contribution < -0.4 is 5.56 Å². The number of hydrogen-bond donors (Lipinski definition) is 1. The summed E-state index contributed by atoms with van der Waals surface area (Å²) >= 11 is 0. The molecule has 0 unspecified atom stereocenters. The van der Waals surface area contributed by atoms with Crippen LogP contribution in [0.5, 0.6) is 0 Å². The van der Waals surface area contributed by atoms with Gasteiger partial charge in [-0.1, -0.05) is 30.3 Å². The number of H-pyrrole nitrogens is 1. The zero-order valence-electron chi connectivity index (χ0n) is 16.9. The van der Waals surface area contributed by atoms with E-state index in [-0.39, 0.29) is 5.56 Å². The van der Waals surface area contributed by atoms with Crippen molar-refractivity contribution in [3.05, 3.63) is 82.5 Å². The van der Waals surface area contributed by atoms with Crippen LogP contribution in [0.4, 0.5) is 0 Å². The molecule has 31 heavy (non-hydrogen) atoms. The summed E-state index contributed by atoms with van der Waals surface area (Å²) in [6, 6.07) is 17.0. The van der Waals surface area contributed by atoms with Crippen molar-refractivity contribution >= 4 is 33.9 Å². The van der Waals surface area contributed by atoms with E-state index in [2.05, 4.69) is 16.0 Å². The van der Waals surface area contributed by atoms with Crippen molar-refractivity contribution in [1.82, 2.24) is 14.5 Å². The molecule has 0 saturated heterocycles. The van der Waals surface area contributed by atoms with Crippen LogP contribution in [0.15, 0.2) is 65.6 Å². The number of ether oxygens (including phenoxy) is 1. The normalized spacial score (nSPS) is 12.3. The number of fused-ring (bicyclic) bond motifs is 2. The monoisotopic (exact) mass is 412 g/mol. The quantitative estimate of drug-likeness (QED) is 0.379. The molecule has 0 fully saturated rings. The molecule has 2 aromatic carbocycles. The summed E-state index contributed by atoms with van der Waals surface area (Å²) in [6.45, 7) is 2.24. The van der Waals surface area contributed by atoms with Gasteiger partial charge in [0.2, 0.25) is 0 Å². The minimum atomic E-state index is -0.716. The Bertz CT molecular complexity index is 1390. The van der Waals surface area contributed by atoms with Gasteiger partial charge in [0.1, 0.15) is 0 Å². The number of carbonyl (C=O) groups excluding carboxylic acids is 1. The van der Waals surface area contributed by atoms with Crippen LogP contribution in [-0.2, 0) is 16.1 Å². The van der Waals surface area contributed by atoms with E-state index in [1.165, 1.54) is 6.08 Å². The number of benzene rings is 2. The fourth-order valence-electron chi connectivity index (χ4n) is 3.49. The molecule has 1 atom stereocenters. The van der Waals surface area contributed by atoms with Gasteiger partial charge in [-0.05, 0) is 31.2 Å². The third-order valence-corrected chi connectivity index (χ3v) is 4.99. The van der Waals surface area contributed by atoms with E-state index in [1.54, 1.807) is 37.3 Å². The summed E-state index contributed by atoms with van der Waals surface area (Å²) in [4.78, 5) is 31.7. The van der Waals surface area contributed by atoms with Crippen LogP contribution in [0.25, 0.3) is 27.9 Å². The van der Waals surface area contributed by atoms with Gasteiger partial charge in [0.15, 0.2) is 11.9 Å². The number of nitrogens with zero attached hydrogens (tertiary/aromatic N) is 3. The van der Waals surface area contributed by atoms with Crippen molar-refractivity contribution in [2.45, 2.75) is 26.0 Å². The lowest BCUT2D eigenvalue weighted by molar-refractivity contribution is -0.142. The van der Waals surface area contributed by atoms with Gasteiger partial charge in [-0.2, -0.15) is 5.26 Å². The maximum absolute atomic E-state index is 12.4. The third kappa shape index (κ3) is 4.23. The number of aromatic nitrogens is 3. The minimum Gasteiger partial charge on any atom is -0.451 e. The molecule has 7 heteroatoms. The molecule has 0 spiro atoms. The van der Waals surface area contributed by atoms with E-state index in [1.807, 2.05) is 35.0 Å². The van der Waals surface area contributed by atoms with E-state index in [9.17, 15) is 9.59 Å². The highest BCUT2D eigenvalue weighted by Crippen LogP contribution is 2.23. The summed E-state index contributed by atoms with van der Waals surface area (Å²) in [5.41, 5.74) is 2.13. The number of nitriles is 1. The topological polar surface area (TPSA) is 101 Å². The lowest BCUT2D eigenvalue weighted by Crippen LogP contribution is -2.16. The van der Waals surface area contributed by atoms with Crippen molar-refractivity contribution in [2.24, 2.45) is 0 Å². The summed E-state index contributed by atoms with van der Waals surface area (Å²) in [5, 5.41) is 10.3. The molecule has 4 rings (SSSR count). The highest BCUT2D eigenvalue weighted by molar-refractivity contribution is 5.94. The van der Waals surface area contributed by atoms with Crippen molar-refractivity contribution in [2.75, 3.05) is 0 Å². The number of hydrogen-bond acceptors (Lipinski definition) is 5. The second-order valence-electron chi connectivity index (χ2n) is 7.08. The molecule has 4 aromatic rings. The van der Waals surface area contributed by atoms with Gasteiger partial charge in [-0.15, -0.1) is 0 Å². The lowest BCUT2D eigenvalue weighted by Gasteiger charge is -2.11. The molecule has 0 radical (unpaired) electrons. The van der Waals surface area contributed by atoms with E-state index in [0.29, 0.717) is 29.7 Å². The average molecular weight is 412 g/mol. The molecule has 0 aliphatic carbocycles. The predicted octanol–water partition coefficient (Wildman–Crippen LogP) is 4.11. The fourth-order valence-corrected chi connectivity index (χ4v) is 3.49. The molecule has 0 bridgehead atoms. The van der Waals surface area contributed by atoms with Gasteiger partial charge in [0.25, 0.3) is 5.56 Å². The molecule has 2 heterocycles. The van der Waals surface area contributed by atoms with Crippen molar-refractivity contribution in [3.63, 3.8) is 0 Å². The number of para-hydroxylation sites is 2. The fraction of sp³-hybridized carbons (Fsp3) is 0.167. The molecule has 7 nitrogen and oxygen atoms in total. The van der Waals surface area contributed by atoms with Gasteiger partial charge in [-0.3, -0.25) is 4.79 Å². The summed E-state index contributed by atoms with van der Waals surface area (Å²) < 4.78 is 7.43. The summed E-state index contributed by atoms with van der Waals surface area (Å²) in [5.74, 6) is -0.254. The zero-order chi connectivity index (χ0) is 21.8. The van der Waals surface area contributed by atoms with Crippen molar-refractivity contribution < 1.29 is 9.53 Å². The van der Waals surface area contributed by atoms with Gasteiger partial charge >= 0.3 is 5.97 Å². The van der Waals surface area contributed by atoms with Crippen LogP contribution in [-0.4, -0.2) is 20.5 Å². The Balaban J connectivity index is 1.53. The summed E-state index contributed by atoms with van der Waals surface area (Å²) in [6.07, 6.45) is 4.64. The summed E-state index contributed by atoms with van der Waals surface area (Å²) in [7, 11) is 0. The Morgan fingerprint density at radius 2 is 1.97 bits per heavy atom. The largest absolute Gasteiger partial charge is 0.451 e. The van der Waals surface area contributed by atoms with Gasteiger partial charge in [-0.25, -0.2) is 9.78 Å². The first-order valence-corrected chi connectivity index (χ1v) is 9.89.